The summed E-state index contributed by atoms with van der Waals surface area (Å²) in [5.41, 5.74) is 3.26. The Morgan fingerprint density at radius 3 is 2.72 bits per heavy atom. The number of fused-ring (bicyclic) bond motifs is 1. The average molecular weight is 360 g/mol. The standard InChI is InChI=1S/C18H20N2O4S/c1-12-8-15-10-14(6-7-17(15)20(12)25(2,23)24)18(22)19-16-5-3-4-13(9-16)11-21/h3-7,9-10,12,21H,8,11H2,1-2H3,(H,19,22)/t12-/m1/s1. The SMILES string of the molecule is C[C@@H]1Cc2cc(C(=O)Nc3cccc(CO)c3)ccc2N1S(C)(=O)=O. The van der Waals surface area contributed by atoms with E-state index in [4.69, 9.17) is 5.11 Å². The zero-order valence-electron chi connectivity index (χ0n) is 14.1. The first-order chi connectivity index (χ1) is 11.8. The number of nitrogens with one attached hydrogen (secondary N) is 1. The zero-order chi connectivity index (χ0) is 18.2. The minimum absolute atomic E-state index is 0.0955. The highest BCUT2D eigenvalue weighted by Gasteiger charge is 2.32. The Morgan fingerprint density at radius 2 is 2.04 bits per heavy atom. The monoisotopic (exact) mass is 360 g/mol. The van der Waals surface area contributed by atoms with Crippen LogP contribution in [-0.2, 0) is 23.1 Å². The number of amides is 1. The maximum Gasteiger partial charge on any atom is 0.255 e. The van der Waals surface area contributed by atoms with E-state index < -0.39 is 10.0 Å². The quantitative estimate of drug-likeness (QED) is 0.875. The summed E-state index contributed by atoms with van der Waals surface area (Å²) in [5, 5.41) is 12.0. The predicted molar refractivity (Wildman–Crippen MR) is 97.2 cm³/mol. The molecule has 0 unspecified atom stereocenters. The Kier molecular flexibility index (Phi) is 4.53. The summed E-state index contributed by atoms with van der Waals surface area (Å²) in [7, 11) is -3.35. The fourth-order valence-corrected chi connectivity index (χ4v) is 4.46. The number of aliphatic hydroxyl groups excluding tert-OH is 1. The molecule has 3 rings (SSSR count). The lowest BCUT2D eigenvalue weighted by atomic mass is 10.1. The van der Waals surface area contributed by atoms with Crippen LogP contribution in [0.1, 0.15) is 28.4 Å². The van der Waals surface area contributed by atoms with Crippen LogP contribution in [0.25, 0.3) is 0 Å². The molecule has 2 aromatic rings. The predicted octanol–water partition coefficient (Wildman–Crippen LogP) is 2.14. The summed E-state index contributed by atoms with van der Waals surface area (Å²) >= 11 is 0. The molecule has 0 saturated heterocycles. The van der Waals surface area contributed by atoms with E-state index in [1.54, 1.807) is 42.5 Å². The van der Waals surface area contributed by atoms with Gasteiger partial charge in [-0.2, -0.15) is 0 Å². The Bertz CT molecular complexity index is 924. The number of hydrogen-bond donors (Lipinski definition) is 2. The highest BCUT2D eigenvalue weighted by molar-refractivity contribution is 7.92. The van der Waals surface area contributed by atoms with Crippen LogP contribution in [-0.4, -0.2) is 31.7 Å². The first-order valence-electron chi connectivity index (χ1n) is 7.93. The molecule has 1 heterocycles. The number of anilines is 2. The molecule has 0 aromatic heterocycles. The van der Waals surface area contributed by atoms with Crippen LogP contribution < -0.4 is 9.62 Å². The van der Waals surface area contributed by atoms with E-state index in [-0.39, 0.29) is 18.6 Å². The van der Waals surface area contributed by atoms with Crippen LogP contribution in [0.15, 0.2) is 42.5 Å². The van der Waals surface area contributed by atoms with Crippen molar-refractivity contribution in [2.45, 2.75) is 26.0 Å². The van der Waals surface area contributed by atoms with E-state index in [2.05, 4.69) is 5.32 Å². The van der Waals surface area contributed by atoms with Gasteiger partial charge >= 0.3 is 0 Å². The molecule has 0 saturated carbocycles. The minimum Gasteiger partial charge on any atom is -0.392 e. The molecule has 0 radical (unpaired) electrons. The smallest absolute Gasteiger partial charge is 0.255 e. The van der Waals surface area contributed by atoms with Crippen LogP contribution in [0.5, 0.6) is 0 Å². The number of hydrogen-bond acceptors (Lipinski definition) is 4. The van der Waals surface area contributed by atoms with Crippen LogP contribution >= 0.6 is 0 Å². The number of nitrogens with zero attached hydrogens (tertiary/aromatic N) is 1. The van der Waals surface area contributed by atoms with Gasteiger partial charge in [0.2, 0.25) is 10.0 Å². The van der Waals surface area contributed by atoms with Crippen molar-refractivity contribution in [1.29, 1.82) is 0 Å². The van der Waals surface area contributed by atoms with Crippen molar-refractivity contribution in [2.75, 3.05) is 15.9 Å². The lowest BCUT2D eigenvalue weighted by Gasteiger charge is -2.21. The number of rotatable bonds is 4. The van der Waals surface area contributed by atoms with E-state index in [0.29, 0.717) is 28.9 Å². The molecule has 7 heteroatoms. The molecule has 0 spiro atoms. The van der Waals surface area contributed by atoms with Crippen LogP contribution in [0, 0.1) is 0 Å². The number of benzene rings is 2. The van der Waals surface area contributed by atoms with Crippen LogP contribution in [0.2, 0.25) is 0 Å². The van der Waals surface area contributed by atoms with Gasteiger partial charge in [0.15, 0.2) is 0 Å². The minimum atomic E-state index is -3.35. The first kappa shape index (κ1) is 17.4. The van der Waals surface area contributed by atoms with Gasteiger partial charge in [-0.3, -0.25) is 9.10 Å². The molecule has 1 atom stereocenters. The van der Waals surface area contributed by atoms with Crippen LogP contribution in [0.3, 0.4) is 0 Å². The van der Waals surface area contributed by atoms with Crippen molar-refractivity contribution in [3.63, 3.8) is 0 Å². The van der Waals surface area contributed by atoms with E-state index in [9.17, 15) is 13.2 Å². The molecule has 1 aliphatic heterocycles. The Balaban J connectivity index is 1.85. The molecule has 25 heavy (non-hydrogen) atoms. The van der Waals surface area contributed by atoms with Gasteiger partial charge in [0, 0.05) is 17.3 Å². The van der Waals surface area contributed by atoms with E-state index >= 15 is 0 Å². The van der Waals surface area contributed by atoms with Gasteiger partial charge in [0.05, 0.1) is 18.6 Å². The zero-order valence-corrected chi connectivity index (χ0v) is 14.9. The summed E-state index contributed by atoms with van der Waals surface area (Å²) in [6.07, 6.45) is 1.76. The molecule has 2 N–H and O–H groups in total. The summed E-state index contributed by atoms with van der Waals surface area (Å²) in [5.74, 6) is -0.275. The lowest BCUT2D eigenvalue weighted by molar-refractivity contribution is 0.102. The number of sulfonamides is 1. The van der Waals surface area contributed by atoms with Gasteiger partial charge in [-0.05, 0) is 54.8 Å². The van der Waals surface area contributed by atoms with E-state index in [1.165, 1.54) is 10.6 Å². The highest BCUT2D eigenvalue weighted by Crippen LogP contribution is 2.34. The molecule has 2 aromatic carbocycles. The highest BCUT2D eigenvalue weighted by atomic mass is 32.2. The Labute approximate surface area is 147 Å². The van der Waals surface area contributed by atoms with Gasteiger partial charge in [-0.15, -0.1) is 0 Å². The third-order valence-electron chi connectivity index (χ3n) is 4.22. The van der Waals surface area contributed by atoms with Gasteiger partial charge in [-0.25, -0.2) is 8.42 Å². The molecule has 6 nitrogen and oxygen atoms in total. The Hall–Kier alpha value is -2.38. The molecule has 0 aliphatic carbocycles. The van der Waals surface area contributed by atoms with Crippen molar-refractivity contribution in [3.8, 4) is 0 Å². The largest absolute Gasteiger partial charge is 0.392 e. The summed E-state index contributed by atoms with van der Waals surface area (Å²) in [6.45, 7) is 1.75. The molecule has 0 bridgehead atoms. The summed E-state index contributed by atoms with van der Waals surface area (Å²) in [4.78, 5) is 12.5. The molecular weight excluding hydrogens is 340 g/mol. The topological polar surface area (TPSA) is 86.7 Å². The van der Waals surface area contributed by atoms with Crippen molar-refractivity contribution in [2.24, 2.45) is 0 Å². The molecule has 1 amide bonds. The van der Waals surface area contributed by atoms with Crippen molar-refractivity contribution in [1.82, 2.24) is 0 Å². The fourth-order valence-electron chi connectivity index (χ4n) is 3.20. The summed E-state index contributed by atoms with van der Waals surface area (Å²) < 4.78 is 25.3. The second kappa shape index (κ2) is 6.50. The summed E-state index contributed by atoms with van der Waals surface area (Å²) in [6, 6.07) is 11.9. The second-order valence-electron chi connectivity index (χ2n) is 6.27. The van der Waals surface area contributed by atoms with E-state index in [1.807, 2.05) is 6.92 Å². The normalized spacial score (nSPS) is 16.6. The van der Waals surface area contributed by atoms with Crippen molar-refractivity contribution in [3.05, 3.63) is 59.2 Å². The number of aliphatic hydroxyl groups is 1. The van der Waals surface area contributed by atoms with Gasteiger partial charge in [-0.1, -0.05) is 12.1 Å². The van der Waals surface area contributed by atoms with Crippen molar-refractivity contribution < 1.29 is 18.3 Å². The van der Waals surface area contributed by atoms with Crippen LogP contribution in [0.4, 0.5) is 11.4 Å². The average Bonchev–Trinajstić information content (AvgIpc) is 2.89. The molecule has 0 fully saturated rings. The number of carbonyl (C=O) groups is 1. The maximum atomic E-state index is 12.5. The maximum absolute atomic E-state index is 12.5. The third kappa shape index (κ3) is 3.52. The molecule has 132 valence electrons. The van der Waals surface area contributed by atoms with Gasteiger partial charge in [0.1, 0.15) is 0 Å². The fraction of sp³-hybridized carbons (Fsp3) is 0.278. The lowest BCUT2D eigenvalue weighted by Crippen LogP contribution is -2.34. The second-order valence-corrected chi connectivity index (χ2v) is 8.13. The third-order valence-corrected chi connectivity index (χ3v) is 5.49. The molecule has 1 aliphatic rings. The number of carbonyl (C=O) groups excluding carboxylic acids is 1. The Morgan fingerprint density at radius 1 is 1.28 bits per heavy atom. The van der Waals surface area contributed by atoms with Crippen molar-refractivity contribution >= 4 is 27.3 Å². The first-order valence-corrected chi connectivity index (χ1v) is 9.78. The van der Waals surface area contributed by atoms with E-state index in [0.717, 1.165) is 5.56 Å². The molecular formula is C18H20N2O4S. The van der Waals surface area contributed by atoms with Gasteiger partial charge in [0.25, 0.3) is 5.91 Å². The van der Waals surface area contributed by atoms with Gasteiger partial charge < -0.3 is 10.4 Å².